The molecule has 2 rings (SSSR count). The summed E-state index contributed by atoms with van der Waals surface area (Å²) in [5, 5.41) is 10.5. The summed E-state index contributed by atoms with van der Waals surface area (Å²) >= 11 is 0. The topological polar surface area (TPSA) is 68.5 Å². The van der Waals surface area contributed by atoms with Gasteiger partial charge in [0.15, 0.2) is 0 Å². The highest BCUT2D eigenvalue weighted by Gasteiger charge is 2.17. The number of hydrogen-bond donors (Lipinski definition) is 0. The normalized spacial score (nSPS) is 17.3. The van der Waals surface area contributed by atoms with Gasteiger partial charge in [-0.15, -0.1) is 0 Å². The average Bonchev–Trinajstić information content (AvgIpc) is 2.38. The summed E-state index contributed by atoms with van der Waals surface area (Å²) in [6.07, 6.45) is 3.82. The van der Waals surface area contributed by atoms with Gasteiger partial charge in [-0.3, -0.25) is 10.1 Å². The van der Waals surface area contributed by atoms with Crippen molar-refractivity contribution in [3.8, 4) is 5.88 Å². The van der Waals surface area contributed by atoms with Gasteiger partial charge in [0.2, 0.25) is 12.4 Å². The average molecular weight is 265 g/mol. The molecule has 1 aliphatic rings. The Bertz CT molecular complexity index is 431. The van der Waals surface area contributed by atoms with Gasteiger partial charge in [-0.2, -0.15) is 0 Å². The van der Waals surface area contributed by atoms with Crippen molar-refractivity contribution in [3.05, 3.63) is 34.0 Å². The van der Waals surface area contributed by atoms with E-state index in [1.54, 1.807) is 18.3 Å². The Kier molecular flexibility index (Phi) is 4.68. The zero-order chi connectivity index (χ0) is 13.7. The van der Waals surface area contributed by atoms with E-state index in [1.165, 1.54) is 0 Å². The minimum atomic E-state index is -0.351. The van der Waals surface area contributed by atoms with Crippen molar-refractivity contribution < 1.29 is 9.66 Å². The molecule has 1 aromatic heterocycles. The molecule has 1 fully saturated rings. The number of nitro groups is 1. The number of piperidine rings is 1. The summed E-state index contributed by atoms with van der Waals surface area (Å²) in [5.74, 6) is 1.04. The first-order chi connectivity index (χ1) is 9.13. The van der Waals surface area contributed by atoms with Gasteiger partial charge in [0, 0.05) is 22.7 Å². The van der Waals surface area contributed by atoms with Crippen LogP contribution >= 0.6 is 0 Å². The first-order valence-electron chi connectivity index (χ1n) is 6.51. The van der Waals surface area contributed by atoms with E-state index in [-0.39, 0.29) is 11.5 Å². The monoisotopic (exact) mass is 265 g/mol. The zero-order valence-electron chi connectivity index (χ0n) is 11.1. The number of aromatic nitrogens is 1. The van der Waals surface area contributed by atoms with Crippen LogP contribution in [-0.2, 0) is 6.54 Å². The van der Waals surface area contributed by atoms with Crippen molar-refractivity contribution in [2.45, 2.75) is 19.4 Å². The van der Waals surface area contributed by atoms with E-state index in [1.807, 2.05) is 0 Å². The molecule has 0 aliphatic carbocycles. The second-order valence-corrected chi connectivity index (χ2v) is 5.05. The van der Waals surface area contributed by atoms with Crippen LogP contribution in [0.1, 0.15) is 18.4 Å². The predicted octanol–water partition coefficient (Wildman–Crippen LogP) is 1.58. The van der Waals surface area contributed by atoms with Gasteiger partial charge in [-0.1, -0.05) is 0 Å². The maximum Gasteiger partial charge on any atom is 0.229 e. The van der Waals surface area contributed by atoms with Gasteiger partial charge in [0.1, 0.15) is 0 Å². The van der Waals surface area contributed by atoms with Crippen LogP contribution < -0.4 is 4.74 Å². The van der Waals surface area contributed by atoms with E-state index in [4.69, 9.17) is 4.74 Å². The summed E-state index contributed by atoms with van der Waals surface area (Å²) in [4.78, 5) is 16.5. The van der Waals surface area contributed by atoms with Gasteiger partial charge in [0.25, 0.3) is 0 Å². The molecule has 6 nitrogen and oxygen atoms in total. The number of pyridine rings is 1. The molecule has 6 heteroatoms. The van der Waals surface area contributed by atoms with E-state index < -0.39 is 0 Å². The first-order valence-corrected chi connectivity index (χ1v) is 6.51. The second-order valence-electron chi connectivity index (χ2n) is 5.05. The van der Waals surface area contributed by atoms with Crippen molar-refractivity contribution in [2.24, 2.45) is 5.92 Å². The number of hydrogen-bond acceptors (Lipinski definition) is 5. The third kappa shape index (κ3) is 4.48. The van der Waals surface area contributed by atoms with Crippen molar-refractivity contribution in [1.29, 1.82) is 0 Å². The van der Waals surface area contributed by atoms with Crippen LogP contribution in [0, 0.1) is 16.0 Å². The minimum Gasteiger partial charge on any atom is -0.477 e. The van der Waals surface area contributed by atoms with Crippen molar-refractivity contribution in [3.63, 3.8) is 0 Å². The van der Waals surface area contributed by atoms with Crippen molar-refractivity contribution in [1.82, 2.24) is 9.88 Å². The fourth-order valence-corrected chi connectivity index (χ4v) is 2.21. The van der Waals surface area contributed by atoms with Gasteiger partial charge >= 0.3 is 0 Å². The molecule has 1 aromatic rings. The number of likely N-dealkylation sites (tertiary alicyclic amines) is 1. The van der Waals surface area contributed by atoms with Gasteiger partial charge in [-0.25, -0.2) is 4.98 Å². The molecule has 0 unspecified atom stereocenters. The fraction of sp³-hybridized carbons (Fsp3) is 0.615. The molecule has 0 saturated carbocycles. The standard InChI is InChI=1S/C13H19N3O3/c1-15-6-3-11(4-7-15)10-19-13-8-12(2-5-14-13)9-16(17)18/h2,5,8,11H,3-4,6-7,9-10H2,1H3. The number of rotatable bonds is 5. The van der Waals surface area contributed by atoms with E-state index >= 15 is 0 Å². The molecule has 0 radical (unpaired) electrons. The Morgan fingerprint density at radius 2 is 2.26 bits per heavy atom. The van der Waals surface area contributed by atoms with Crippen LogP contribution in [0.2, 0.25) is 0 Å². The number of ether oxygens (including phenoxy) is 1. The van der Waals surface area contributed by atoms with Gasteiger partial charge in [0.05, 0.1) is 6.61 Å². The third-order valence-corrected chi connectivity index (χ3v) is 3.42. The molecule has 0 amide bonds. The van der Waals surface area contributed by atoms with Crippen LogP contribution in [0.5, 0.6) is 5.88 Å². The Morgan fingerprint density at radius 3 is 2.95 bits per heavy atom. The molecular weight excluding hydrogens is 246 g/mol. The summed E-state index contributed by atoms with van der Waals surface area (Å²) in [7, 11) is 2.12. The van der Waals surface area contributed by atoms with Gasteiger partial charge in [-0.05, 0) is 45.0 Å². The molecule has 0 aromatic carbocycles. The Hall–Kier alpha value is -1.69. The van der Waals surface area contributed by atoms with Gasteiger partial charge < -0.3 is 9.64 Å². The molecule has 0 bridgehead atoms. The molecule has 0 N–H and O–H groups in total. The summed E-state index contributed by atoms with van der Waals surface area (Å²) < 4.78 is 5.65. The second kappa shape index (κ2) is 6.47. The maximum atomic E-state index is 10.5. The zero-order valence-corrected chi connectivity index (χ0v) is 11.1. The molecular formula is C13H19N3O3. The fourth-order valence-electron chi connectivity index (χ4n) is 2.21. The summed E-state index contributed by atoms with van der Waals surface area (Å²) in [6.45, 7) is 2.65. The van der Waals surface area contributed by atoms with Crippen molar-refractivity contribution >= 4 is 0 Å². The SMILES string of the molecule is CN1CCC(COc2cc(C[N+](=O)[O-])ccn2)CC1. The largest absolute Gasteiger partial charge is 0.477 e. The predicted molar refractivity (Wildman–Crippen MR) is 70.7 cm³/mol. The van der Waals surface area contributed by atoms with Crippen LogP contribution in [0.4, 0.5) is 0 Å². The molecule has 1 saturated heterocycles. The maximum absolute atomic E-state index is 10.5. The lowest BCUT2D eigenvalue weighted by Crippen LogP contribution is -2.32. The highest BCUT2D eigenvalue weighted by molar-refractivity contribution is 5.19. The lowest BCUT2D eigenvalue weighted by Gasteiger charge is -2.28. The lowest BCUT2D eigenvalue weighted by molar-refractivity contribution is -0.496. The highest BCUT2D eigenvalue weighted by Crippen LogP contribution is 2.18. The summed E-state index contributed by atoms with van der Waals surface area (Å²) in [6, 6.07) is 3.29. The smallest absolute Gasteiger partial charge is 0.229 e. The molecule has 1 aliphatic heterocycles. The highest BCUT2D eigenvalue weighted by atomic mass is 16.6. The molecule has 0 atom stereocenters. The Balaban J connectivity index is 1.83. The molecule has 19 heavy (non-hydrogen) atoms. The lowest BCUT2D eigenvalue weighted by atomic mass is 9.98. The third-order valence-electron chi connectivity index (χ3n) is 3.42. The first kappa shape index (κ1) is 13.7. The van der Waals surface area contributed by atoms with Crippen LogP contribution in [-0.4, -0.2) is 41.6 Å². The van der Waals surface area contributed by atoms with Crippen LogP contribution in [0.3, 0.4) is 0 Å². The van der Waals surface area contributed by atoms with E-state index in [0.29, 0.717) is 24.0 Å². The minimum absolute atomic E-state index is 0.187. The quantitative estimate of drug-likeness (QED) is 0.597. The van der Waals surface area contributed by atoms with Crippen LogP contribution in [0.15, 0.2) is 18.3 Å². The summed E-state index contributed by atoms with van der Waals surface area (Å²) in [5.41, 5.74) is 0.623. The van der Waals surface area contributed by atoms with E-state index in [0.717, 1.165) is 25.9 Å². The number of nitrogens with zero attached hydrogens (tertiary/aromatic N) is 3. The van der Waals surface area contributed by atoms with E-state index in [9.17, 15) is 10.1 Å². The van der Waals surface area contributed by atoms with E-state index in [2.05, 4.69) is 16.9 Å². The molecule has 2 heterocycles. The molecule has 104 valence electrons. The Labute approximate surface area is 112 Å². The molecule has 0 spiro atoms. The Morgan fingerprint density at radius 1 is 1.53 bits per heavy atom. The van der Waals surface area contributed by atoms with Crippen molar-refractivity contribution in [2.75, 3.05) is 26.7 Å². The van der Waals surface area contributed by atoms with Crippen LogP contribution in [0.25, 0.3) is 0 Å².